The fourth-order valence-corrected chi connectivity index (χ4v) is 3.82. The quantitative estimate of drug-likeness (QED) is 0.933. The van der Waals surface area contributed by atoms with Crippen molar-refractivity contribution in [2.75, 3.05) is 19.8 Å². The molecule has 0 bridgehead atoms. The van der Waals surface area contributed by atoms with Crippen LogP contribution in [0.1, 0.15) is 59.4 Å². The smallest absolute Gasteiger partial charge is 0.274 e. The normalized spacial score (nSPS) is 22.2. The van der Waals surface area contributed by atoms with Crippen molar-refractivity contribution in [1.82, 2.24) is 15.1 Å². The van der Waals surface area contributed by atoms with E-state index in [9.17, 15) is 4.79 Å². The molecule has 2 fully saturated rings. The molecule has 1 aromatic carbocycles. The van der Waals surface area contributed by atoms with Gasteiger partial charge in [0.15, 0.2) is 11.5 Å². The second-order valence-corrected chi connectivity index (χ2v) is 7.04. The Kier molecular flexibility index (Phi) is 3.43. The molecule has 1 atom stereocenters. The van der Waals surface area contributed by atoms with Crippen molar-refractivity contribution in [3.8, 4) is 11.5 Å². The largest absolute Gasteiger partial charge is 0.486 e. The van der Waals surface area contributed by atoms with Gasteiger partial charge in [-0.2, -0.15) is 5.10 Å². The molecule has 2 aliphatic heterocycles. The zero-order valence-electron chi connectivity index (χ0n) is 14.0. The van der Waals surface area contributed by atoms with Crippen LogP contribution in [0, 0.1) is 0 Å². The number of fused-ring (bicyclic) bond motifs is 1. The summed E-state index contributed by atoms with van der Waals surface area (Å²) in [4.78, 5) is 14.9. The molecule has 5 rings (SSSR count). The van der Waals surface area contributed by atoms with E-state index in [1.54, 1.807) is 0 Å². The van der Waals surface area contributed by atoms with E-state index in [0.29, 0.717) is 24.8 Å². The fraction of sp³-hybridized carbons (Fsp3) is 0.474. The van der Waals surface area contributed by atoms with Gasteiger partial charge in [-0.05, 0) is 49.4 Å². The number of rotatable bonds is 3. The average Bonchev–Trinajstić information content (AvgIpc) is 3.19. The number of ether oxygens (including phenoxy) is 2. The molecule has 0 radical (unpaired) electrons. The summed E-state index contributed by atoms with van der Waals surface area (Å²) in [5.41, 5.74) is 2.73. The Morgan fingerprint density at radius 2 is 1.96 bits per heavy atom. The van der Waals surface area contributed by atoms with Crippen molar-refractivity contribution in [3.05, 3.63) is 41.2 Å². The lowest BCUT2D eigenvalue weighted by Crippen LogP contribution is -2.31. The molecular formula is C19H21N3O3. The molecule has 3 aliphatic rings. The zero-order valence-corrected chi connectivity index (χ0v) is 14.0. The van der Waals surface area contributed by atoms with Crippen molar-refractivity contribution in [2.45, 2.75) is 37.6 Å². The molecule has 1 amide bonds. The predicted molar refractivity (Wildman–Crippen MR) is 91.0 cm³/mol. The SMILES string of the molecule is O=C(c1cc(C2CC2)[nH]n1)N1CCC[C@@H]1c1ccc2c(c1)OCCO2. The summed E-state index contributed by atoms with van der Waals surface area (Å²) >= 11 is 0. The van der Waals surface area contributed by atoms with Crippen LogP contribution in [-0.2, 0) is 0 Å². The first-order chi connectivity index (χ1) is 12.3. The number of likely N-dealkylation sites (tertiary alicyclic amines) is 1. The first-order valence-corrected chi connectivity index (χ1v) is 9.05. The first kappa shape index (κ1) is 14.8. The van der Waals surface area contributed by atoms with Crippen LogP contribution >= 0.6 is 0 Å². The second-order valence-electron chi connectivity index (χ2n) is 7.04. The van der Waals surface area contributed by atoms with Gasteiger partial charge in [0, 0.05) is 18.2 Å². The summed E-state index contributed by atoms with van der Waals surface area (Å²) in [6.07, 6.45) is 4.36. The summed E-state index contributed by atoms with van der Waals surface area (Å²) < 4.78 is 11.3. The van der Waals surface area contributed by atoms with Crippen molar-refractivity contribution in [1.29, 1.82) is 0 Å². The number of nitrogens with one attached hydrogen (secondary N) is 1. The van der Waals surface area contributed by atoms with Gasteiger partial charge in [-0.15, -0.1) is 0 Å². The minimum Gasteiger partial charge on any atom is -0.486 e. The van der Waals surface area contributed by atoms with Crippen molar-refractivity contribution in [2.24, 2.45) is 0 Å². The summed E-state index contributed by atoms with van der Waals surface area (Å²) in [6, 6.07) is 8.02. The van der Waals surface area contributed by atoms with E-state index in [0.717, 1.165) is 42.1 Å². The molecule has 6 nitrogen and oxygen atoms in total. The molecule has 1 N–H and O–H groups in total. The number of hydrogen-bond acceptors (Lipinski definition) is 4. The number of aromatic amines is 1. The van der Waals surface area contributed by atoms with E-state index in [1.165, 1.54) is 12.8 Å². The number of nitrogens with zero attached hydrogens (tertiary/aromatic N) is 2. The molecule has 1 aromatic heterocycles. The van der Waals surface area contributed by atoms with Gasteiger partial charge in [0.1, 0.15) is 18.9 Å². The summed E-state index contributed by atoms with van der Waals surface area (Å²) in [7, 11) is 0. The predicted octanol–water partition coefficient (Wildman–Crippen LogP) is 3.04. The Bertz CT molecular complexity index is 812. The lowest BCUT2D eigenvalue weighted by atomic mass is 10.0. The molecule has 0 unspecified atom stereocenters. The number of benzene rings is 1. The molecular weight excluding hydrogens is 318 g/mol. The molecule has 1 aliphatic carbocycles. The van der Waals surface area contributed by atoms with Crippen LogP contribution in [0.5, 0.6) is 11.5 Å². The lowest BCUT2D eigenvalue weighted by molar-refractivity contribution is 0.0729. The first-order valence-electron chi connectivity index (χ1n) is 9.05. The molecule has 3 heterocycles. The number of H-pyrrole nitrogens is 1. The number of carbonyl (C=O) groups excluding carboxylic acids is 1. The van der Waals surface area contributed by atoms with E-state index in [2.05, 4.69) is 10.2 Å². The third kappa shape index (κ3) is 2.65. The average molecular weight is 339 g/mol. The van der Waals surface area contributed by atoms with Crippen molar-refractivity contribution >= 4 is 5.91 Å². The van der Waals surface area contributed by atoms with E-state index in [1.807, 2.05) is 29.2 Å². The topological polar surface area (TPSA) is 67.5 Å². The Morgan fingerprint density at radius 3 is 2.80 bits per heavy atom. The Hall–Kier alpha value is -2.50. The number of aromatic nitrogens is 2. The van der Waals surface area contributed by atoms with E-state index in [4.69, 9.17) is 9.47 Å². The molecule has 1 saturated carbocycles. The highest BCUT2D eigenvalue weighted by Gasteiger charge is 2.33. The maximum atomic E-state index is 13.0. The molecule has 2 aromatic rings. The van der Waals surface area contributed by atoms with Crippen LogP contribution in [0.2, 0.25) is 0 Å². The van der Waals surface area contributed by atoms with Gasteiger partial charge >= 0.3 is 0 Å². The Labute approximate surface area is 146 Å². The molecule has 6 heteroatoms. The third-order valence-corrected chi connectivity index (χ3v) is 5.30. The molecule has 0 spiro atoms. The highest BCUT2D eigenvalue weighted by atomic mass is 16.6. The van der Waals surface area contributed by atoms with Crippen LogP contribution in [0.3, 0.4) is 0 Å². The maximum Gasteiger partial charge on any atom is 0.274 e. The summed E-state index contributed by atoms with van der Waals surface area (Å²) in [6.45, 7) is 1.92. The minimum atomic E-state index is 0.0144. The molecule has 1 saturated heterocycles. The number of amides is 1. The van der Waals surface area contributed by atoms with Gasteiger partial charge < -0.3 is 14.4 Å². The lowest BCUT2D eigenvalue weighted by Gasteiger charge is -2.26. The van der Waals surface area contributed by atoms with E-state index >= 15 is 0 Å². The van der Waals surface area contributed by atoms with Crippen LogP contribution < -0.4 is 9.47 Å². The van der Waals surface area contributed by atoms with E-state index in [-0.39, 0.29) is 11.9 Å². The Balaban J connectivity index is 1.40. The highest BCUT2D eigenvalue weighted by Crippen LogP contribution is 2.40. The zero-order chi connectivity index (χ0) is 16.8. The van der Waals surface area contributed by atoms with Crippen LogP contribution in [-0.4, -0.2) is 40.8 Å². The minimum absolute atomic E-state index is 0.0144. The van der Waals surface area contributed by atoms with Crippen LogP contribution in [0.4, 0.5) is 0 Å². The van der Waals surface area contributed by atoms with Crippen molar-refractivity contribution in [3.63, 3.8) is 0 Å². The number of hydrogen-bond donors (Lipinski definition) is 1. The standard InChI is InChI=1S/C19H21N3O3/c23-19(15-11-14(20-21-15)12-3-4-12)22-7-1-2-16(22)13-5-6-17-18(10-13)25-9-8-24-17/h5-6,10-12,16H,1-4,7-9H2,(H,20,21)/t16-/m1/s1. The molecule has 25 heavy (non-hydrogen) atoms. The molecule has 130 valence electrons. The fourth-order valence-electron chi connectivity index (χ4n) is 3.82. The van der Waals surface area contributed by atoms with Crippen LogP contribution in [0.25, 0.3) is 0 Å². The second kappa shape index (κ2) is 5.79. The van der Waals surface area contributed by atoms with Gasteiger partial charge in [-0.25, -0.2) is 0 Å². The van der Waals surface area contributed by atoms with Crippen LogP contribution in [0.15, 0.2) is 24.3 Å². The van der Waals surface area contributed by atoms with Crippen molar-refractivity contribution < 1.29 is 14.3 Å². The van der Waals surface area contributed by atoms with Gasteiger partial charge in [0.25, 0.3) is 5.91 Å². The summed E-state index contributed by atoms with van der Waals surface area (Å²) in [5, 5.41) is 7.29. The maximum absolute atomic E-state index is 13.0. The Morgan fingerprint density at radius 1 is 1.12 bits per heavy atom. The van der Waals surface area contributed by atoms with Gasteiger partial charge in [0.2, 0.25) is 0 Å². The third-order valence-electron chi connectivity index (χ3n) is 5.30. The van der Waals surface area contributed by atoms with Gasteiger partial charge in [-0.3, -0.25) is 9.89 Å². The number of carbonyl (C=O) groups is 1. The van der Waals surface area contributed by atoms with Gasteiger partial charge in [0.05, 0.1) is 6.04 Å². The van der Waals surface area contributed by atoms with Gasteiger partial charge in [-0.1, -0.05) is 6.07 Å². The highest BCUT2D eigenvalue weighted by molar-refractivity contribution is 5.93. The summed E-state index contributed by atoms with van der Waals surface area (Å²) in [5.74, 6) is 2.15. The monoisotopic (exact) mass is 339 g/mol. The van der Waals surface area contributed by atoms with E-state index < -0.39 is 0 Å².